The topological polar surface area (TPSA) is 35.2 Å². The zero-order valence-electron chi connectivity index (χ0n) is 11.8. The summed E-state index contributed by atoms with van der Waals surface area (Å²) in [6.07, 6.45) is 9.10. The van der Waals surface area contributed by atoms with Crippen molar-refractivity contribution in [2.24, 2.45) is 17.1 Å². The van der Waals surface area contributed by atoms with E-state index < -0.39 is 0 Å². The summed E-state index contributed by atoms with van der Waals surface area (Å²) < 4.78 is 5.80. The molecule has 3 atom stereocenters. The Hall–Kier alpha value is -0.0800. The predicted octanol–water partition coefficient (Wildman–Crippen LogP) is 3.49. The number of nitrogens with two attached hydrogens (primary N) is 1. The number of hydrogen-bond donors (Lipinski definition) is 1. The van der Waals surface area contributed by atoms with Crippen molar-refractivity contribution >= 4 is 0 Å². The Morgan fingerprint density at radius 3 is 2.53 bits per heavy atom. The molecule has 2 rings (SSSR count). The van der Waals surface area contributed by atoms with Crippen LogP contribution in [-0.4, -0.2) is 18.2 Å². The first-order valence-electron chi connectivity index (χ1n) is 7.32. The van der Waals surface area contributed by atoms with E-state index in [9.17, 15) is 0 Å². The van der Waals surface area contributed by atoms with Crippen molar-refractivity contribution in [3.8, 4) is 0 Å². The van der Waals surface area contributed by atoms with Crippen molar-refractivity contribution in [3.63, 3.8) is 0 Å². The van der Waals surface area contributed by atoms with Gasteiger partial charge in [0.15, 0.2) is 0 Å². The zero-order valence-corrected chi connectivity index (χ0v) is 11.8. The van der Waals surface area contributed by atoms with Crippen LogP contribution in [-0.2, 0) is 4.74 Å². The summed E-state index contributed by atoms with van der Waals surface area (Å²) in [6, 6.07) is 0. The van der Waals surface area contributed by atoms with Gasteiger partial charge in [-0.25, -0.2) is 0 Å². The maximum atomic E-state index is 6.79. The largest absolute Gasteiger partial charge is 0.378 e. The lowest BCUT2D eigenvalue weighted by Crippen LogP contribution is -2.55. The Kier molecular flexibility index (Phi) is 3.84. The third kappa shape index (κ3) is 3.03. The van der Waals surface area contributed by atoms with E-state index in [-0.39, 0.29) is 5.54 Å². The first kappa shape index (κ1) is 13.4. The van der Waals surface area contributed by atoms with Crippen LogP contribution in [0.5, 0.6) is 0 Å². The average molecular weight is 239 g/mol. The Bertz CT molecular complexity index is 252. The average Bonchev–Trinajstić information content (AvgIpc) is 2.68. The molecule has 3 unspecified atom stereocenters. The molecule has 0 amide bonds. The highest BCUT2D eigenvalue weighted by atomic mass is 16.5. The van der Waals surface area contributed by atoms with Crippen molar-refractivity contribution in [2.45, 2.75) is 77.4 Å². The van der Waals surface area contributed by atoms with Gasteiger partial charge in [-0.3, -0.25) is 0 Å². The smallest absolute Gasteiger partial charge is 0.0593 e. The van der Waals surface area contributed by atoms with Crippen LogP contribution >= 0.6 is 0 Å². The van der Waals surface area contributed by atoms with Crippen molar-refractivity contribution in [1.29, 1.82) is 0 Å². The van der Waals surface area contributed by atoms with E-state index in [1.54, 1.807) is 0 Å². The molecule has 17 heavy (non-hydrogen) atoms. The molecule has 2 nitrogen and oxygen atoms in total. The van der Waals surface area contributed by atoms with Gasteiger partial charge in [0.2, 0.25) is 0 Å². The molecule has 0 spiro atoms. The second-order valence-electron chi connectivity index (χ2n) is 7.24. The molecule has 1 aliphatic heterocycles. The van der Waals surface area contributed by atoms with Crippen molar-refractivity contribution < 1.29 is 4.74 Å². The first-order chi connectivity index (χ1) is 7.92. The lowest BCUT2D eigenvalue weighted by molar-refractivity contribution is 0.0202. The molecule has 0 aromatic carbocycles. The van der Waals surface area contributed by atoms with Gasteiger partial charge in [-0.1, -0.05) is 33.6 Å². The van der Waals surface area contributed by atoms with E-state index >= 15 is 0 Å². The lowest BCUT2D eigenvalue weighted by atomic mass is 9.61. The normalized spacial score (nSPS) is 39.5. The predicted molar refractivity (Wildman–Crippen MR) is 71.9 cm³/mol. The molecule has 0 bridgehead atoms. The maximum Gasteiger partial charge on any atom is 0.0593 e. The van der Waals surface area contributed by atoms with E-state index in [1.807, 2.05) is 0 Å². The van der Waals surface area contributed by atoms with Crippen LogP contribution in [0.15, 0.2) is 0 Å². The monoisotopic (exact) mass is 239 g/mol. The molecule has 0 aromatic rings. The van der Waals surface area contributed by atoms with Crippen LogP contribution in [0, 0.1) is 11.3 Å². The SMILES string of the molecule is CC(C)(C)C1CCCCC1(N)CC1CCCO1. The molecule has 2 N–H and O–H groups in total. The fourth-order valence-electron chi connectivity index (χ4n) is 4.03. The zero-order chi connectivity index (χ0) is 12.5. The molecule has 100 valence electrons. The van der Waals surface area contributed by atoms with Gasteiger partial charge in [0.05, 0.1) is 6.10 Å². The molecule has 1 aliphatic carbocycles. The number of ether oxygens (including phenoxy) is 1. The van der Waals surface area contributed by atoms with Crippen LogP contribution < -0.4 is 5.73 Å². The van der Waals surface area contributed by atoms with Crippen LogP contribution in [0.2, 0.25) is 0 Å². The molecule has 1 heterocycles. The van der Waals surface area contributed by atoms with Gasteiger partial charge >= 0.3 is 0 Å². The molecule has 0 radical (unpaired) electrons. The van der Waals surface area contributed by atoms with E-state index in [4.69, 9.17) is 10.5 Å². The van der Waals surface area contributed by atoms with E-state index in [0.29, 0.717) is 17.4 Å². The van der Waals surface area contributed by atoms with Gasteiger partial charge in [-0.15, -0.1) is 0 Å². The lowest BCUT2D eigenvalue weighted by Gasteiger charge is -2.49. The highest BCUT2D eigenvalue weighted by molar-refractivity contribution is 5.00. The Balaban J connectivity index is 2.07. The summed E-state index contributed by atoms with van der Waals surface area (Å²) >= 11 is 0. The van der Waals surface area contributed by atoms with Crippen molar-refractivity contribution in [3.05, 3.63) is 0 Å². The fourth-order valence-corrected chi connectivity index (χ4v) is 4.03. The van der Waals surface area contributed by atoms with Crippen LogP contribution in [0.3, 0.4) is 0 Å². The van der Waals surface area contributed by atoms with Gasteiger partial charge in [0, 0.05) is 12.1 Å². The highest BCUT2D eigenvalue weighted by Crippen LogP contribution is 2.45. The quantitative estimate of drug-likeness (QED) is 0.800. The Morgan fingerprint density at radius 2 is 1.94 bits per heavy atom. The summed E-state index contributed by atoms with van der Waals surface area (Å²) in [5, 5.41) is 0. The van der Waals surface area contributed by atoms with Gasteiger partial charge in [0.1, 0.15) is 0 Å². The van der Waals surface area contributed by atoms with E-state index in [0.717, 1.165) is 13.0 Å². The Labute approximate surface area is 106 Å². The van der Waals surface area contributed by atoms with E-state index in [2.05, 4.69) is 20.8 Å². The molecule has 0 aromatic heterocycles. The maximum absolute atomic E-state index is 6.79. The minimum Gasteiger partial charge on any atom is -0.378 e. The summed E-state index contributed by atoms with van der Waals surface area (Å²) in [4.78, 5) is 0. The summed E-state index contributed by atoms with van der Waals surface area (Å²) in [6.45, 7) is 7.99. The van der Waals surface area contributed by atoms with Crippen molar-refractivity contribution in [2.75, 3.05) is 6.61 Å². The van der Waals surface area contributed by atoms with Gasteiger partial charge in [-0.2, -0.15) is 0 Å². The minimum absolute atomic E-state index is 0.0194. The number of rotatable bonds is 2. The molecule has 2 aliphatic rings. The van der Waals surface area contributed by atoms with Gasteiger partial charge < -0.3 is 10.5 Å². The second-order valence-corrected chi connectivity index (χ2v) is 7.24. The third-order valence-electron chi connectivity index (χ3n) is 4.76. The van der Waals surface area contributed by atoms with Crippen LogP contribution in [0.1, 0.15) is 65.7 Å². The first-order valence-corrected chi connectivity index (χ1v) is 7.32. The molecule has 2 fully saturated rings. The van der Waals surface area contributed by atoms with E-state index in [1.165, 1.54) is 38.5 Å². The van der Waals surface area contributed by atoms with Crippen LogP contribution in [0.4, 0.5) is 0 Å². The standard InChI is InChI=1S/C15H29NO/c1-14(2,3)13-8-4-5-9-15(13,16)11-12-7-6-10-17-12/h12-13H,4-11,16H2,1-3H3. The van der Waals surface area contributed by atoms with Crippen LogP contribution in [0.25, 0.3) is 0 Å². The van der Waals surface area contributed by atoms with Gasteiger partial charge in [-0.05, 0) is 43.4 Å². The molecule has 1 saturated carbocycles. The minimum atomic E-state index is 0.0194. The molecule has 2 heteroatoms. The fraction of sp³-hybridized carbons (Fsp3) is 1.00. The highest BCUT2D eigenvalue weighted by Gasteiger charge is 2.44. The molecule has 1 saturated heterocycles. The van der Waals surface area contributed by atoms with Gasteiger partial charge in [0.25, 0.3) is 0 Å². The molecular weight excluding hydrogens is 210 g/mol. The second kappa shape index (κ2) is 4.89. The molecular formula is C15H29NO. The van der Waals surface area contributed by atoms with Crippen molar-refractivity contribution in [1.82, 2.24) is 0 Å². The number of hydrogen-bond acceptors (Lipinski definition) is 2. The summed E-state index contributed by atoms with van der Waals surface area (Å²) in [5.41, 5.74) is 7.14. The third-order valence-corrected chi connectivity index (χ3v) is 4.76. The summed E-state index contributed by atoms with van der Waals surface area (Å²) in [5.74, 6) is 0.646. The Morgan fingerprint density at radius 1 is 1.18 bits per heavy atom. The summed E-state index contributed by atoms with van der Waals surface area (Å²) in [7, 11) is 0.